The molecule has 0 saturated heterocycles. The van der Waals surface area contributed by atoms with E-state index in [9.17, 15) is 0 Å². The number of hydrogen-bond donors (Lipinski definition) is 0. The zero-order chi connectivity index (χ0) is 41.7. The molecule has 1 aromatic heterocycles. The average molecular weight is 803 g/mol. The van der Waals surface area contributed by atoms with Crippen molar-refractivity contribution >= 4 is 38.9 Å². The first-order valence-corrected chi connectivity index (χ1v) is 21.8. The highest BCUT2D eigenvalue weighted by Gasteiger charge is 2.46. The minimum Gasteiger partial charge on any atom is -0.310 e. The highest BCUT2D eigenvalue weighted by molar-refractivity contribution is 6.10. The zero-order valence-electron chi connectivity index (χ0n) is 34.6. The maximum absolute atomic E-state index is 2.41. The SMILES string of the molecule is c1ccc(-c2cccc(N(c3ccc(-c4ccc5c(c4)-c4ccccc4C5(c4ccccc4)c4ccccc4)cc3)c3ccc4c5ccccc5n(-c5ccccc5)c4c3)c2)cc1. The van der Waals surface area contributed by atoms with E-state index in [4.69, 9.17) is 0 Å². The average Bonchev–Trinajstić information content (AvgIpc) is 3.86. The molecule has 0 fully saturated rings. The molecule has 0 amide bonds. The predicted molar refractivity (Wildman–Crippen MR) is 264 cm³/mol. The van der Waals surface area contributed by atoms with Crippen molar-refractivity contribution in [3.8, 4) is 39.1 Å². The topological polar surface area (TPSA) is 8.17 Å². The van der Waals surface area contributed by atoms with Crippen LogP contribution in [0.4, 0.5) is 17.1 Å². The molecule has 0 radical (unpaired) electrons. The first-order chi connectivity index (χ1) is 31.3. The van der Waals surface area contributed by atoms with E-state index in [1.807, 2.05) is 0 Å². The Bertz CT molecular complexity index is 3380. The number of nitrogens with zero attached hydrogens (tertiary/aromatic N) is 2. The molecule has 12 rings (SSSR count). The van der Waals surface area contributed by atoms with E-state index in [1.54, 1.807) is 0 Å². The van der Waals surface area contributed by atoms with E-state index < -0.39 is 5.41 Å². The summed E-state index contributed by atoms with van der Waals surface area (Å²) in [5.41, 5.74) is 18.8. The number of benzene rings is 10. The Hall–Kier alpha value is -8.20. The smallest absolute Gasteiger partial charge is 0.0713 e. The van der Waals surface area contributed by atoms with Gasteiger partial charge in [0, 0.05) is 33.5 Å². The van der Waals surface area contributed by atoms with Gasteiger partial charge in [-0.25, -0.2) is 0 Å². The van der Waals surface area contributed by atoms with Crippen molar-refractivity contribution in [2.45, 2.75) is 5.41 Å². The van der Waals surface area contributed by atoms with Crippen LogP contribution in [0.1, 0.15) is 22.3 Å². The maximum Gasteiger partial charge on any atom is 0.0713 e. The van der Waals surface area contributed by atoms with Gasteiger partial charge in [-0.2, -0.15) is 0 Å². The van der Waals surface area contributed by atoms with Gasteiger partial charge in [-0.15, -0.1) is 0 Å². The number of hydrogen-bond acceptors (Lipinski definition) is 1. The van der Waals surface area contributed by atoms with Gasteiger partial charge in [0.1, 0.15) is 0 Å². The first-order valence-electron chi connectivity index (χ1n) is 21.8. The molecule has 0 aliphatic heterocycles. The minimum atomic E-state index is -0.418. The van der Waals surface area contributed by atoms with E-state index in [2.05, 4.69) is 264 Å². The third-order valence-corrected chi connectivity index (χ3v) is 13.1. The van der Waals surface area contributed by atoms with E-state index in [1.165, 1.54) is 77.4 Å². The van der Waals surface area contributed by atoms with Gasteiger partial charge in [0.25, 0.3) is 0 Å². The number of para-hydroxylation sites is 2. The van der Waals surface area contributed by atoms with E-state index in [-0.39, 0.29) is 0 Å². The summed E-state index contributed by atoms with van der Waals surface area (Å²) in [5.74, 6) is 0. The van der Waals surface area contributed by atoms with Crippen molar-refractivity contribution < 1.29 is 0 Å². The van der Waals surface area contributed by atoms with E-state index in [0.717, 1.165) is 22.7 Å². The summed E-state index contributed by atoms with van der Waals surface area (Å²) >= 11 is 0. The summed E-state index contributed by atoms with van der Waals surface area (Å²) < 4.78 is 2.39. The Kier molecular flexibility index (Phi) is 8.76. The summed E-state index contributed by atoms with van der Waals surface area (Å²) in [6.45, 7) is 0. The van der Waals surface area contributed by atoms with Crippen molar-refractivity contribution in [1.82, 2.24) is 4.57 Å². The normalized spacial score (nSPS) is 12.6. The standard InChI is InChI=1S/C61H42N2/c1-5-18-43(19-6-1)45-20-17-27-51(40-45)62(52-37-38-55-54-29-14-16-31-59(54)63(60(55)42-52)49-25-11-4-12-26-49)50-35-32-44(33-36-50)46-34-39-58-56(41-46)53-28-13-15-30-57(53)61(58,47-21-7-2-8-22-47)48-23-9-3-10-24-48/h1-42H. The second-order valence-electron chi connectivity index (χ2n) is 16.5. The minimum absolute atomic E-state index is 0.418. The quantitative estimate of drug-likeness (QED) is 0.149. The maximum atomic E-state index is 2.41. The molecule has 0 spiro atoms. The van der Waals surface area contributed by atoms with Crippen LogP contribution in [0.3, 0.4) is 0 Å². The highest BCUT2D eigenvalue weighted by atomic mass is 15.1. The molecule has 10 aromatic carbocycles. The molecule has 0 atom stereocenters. The Balaban J connectivity index is 1.00. The molecule has 2 nitrogen and oxygen atoms in total. The molecule has 1 aliphatic carbocycles. The van der Waals surface area contributed by atoms with E-state index in [0.29, 0.717) is 0 Å². The Labute approximate surface area is 368 Å². The summed E-state index contributed by atoms with van der Waals surface area (Å²) in [6, 6.07) is 93.1. The van der Waals surface area contributed by atoms with Crippen LogP contribution in [-0.2, 0) is 5.41 Å². The van der Waals surface area contributed by atoms with Gasteiger partial charge in [0.15, 0.2) is 0 Å². The van der Waals surface area contributed by atoms with Gasteiger partial charge in [0.2, 0.25) is 0 Å². The lowest BCUT2D eigenvalue weighted by Crippen LogP contribution is -2.28. The van der Waals surface area contributed by atoms with Crippen LogP contribution >= 0.6 is 0 Å². The molecule has 0 bridgehead atoms. The summed E-state index contributed by atoms with van der Waals surface area (Å²) in [5, 5.41) is 2.47. The molecule has 2 heteroatoms. The number of rotatable bonds is 8. The lowest BCUT2D eigenvalue weighted by atomic mass is 9.67. The first kappa shape index (κ1) is 36.6. The van der Waals surface area contributed by atoms with E-state index >= 15 is 0 Å². The monoisotopic (exact) mass is 802 g/mol. The molecule has 1 heterocycles. The van der Waals surface area contributed by atoms with Gasteiger partial charge in [-0.05, 0) is 116 Å². The molecule has 0 saturated carbocycles. The van der Waals surface area contributed by atoms with Gasteiger partial charge >= 0.3 is 0 Å². The second-order valence-corrected chi connectivity index (χ2v) is 16.5. The van der Waals surface area contributed by atoms with Crippen molar-refractivity contribution in [2.24, 2.45) is 0 Å². The molecule has 296 valence electrons. The number of fused-ring (bicyclic) bond motifs is 6. The van der Waals surface area contributed by atoms with Gasteiger partial charge in [0.05, 0.1) is 16.4 Å². The Morgan fingerprint density at radius 2 is 0.825 bits per heavy atom. The van der Waals surface area contributed by atoms with Gasteiger partial charge in [-0.1, -0.05) is 194 Å². The third kappa shape index (κ3) is 5.95. The van der Waals surface area contributed by atoms with Crippen molar-refractivity contribution in [1.29, 1.82) is 0 Å². The Morgan fingerprint density at radius 1 is 0.302 bits per heavy atom. The summed E-state index contributed by atoms with van der Waals surface area (Å²) in [7, 11) is 0. The fourth-order valence-electron chi connectivity index (χ4n) is 10.3. The molecule has 63 heavy (non-hydrogen) atoms. The van der Waals surface area contributed by atoms with Crippen LogP contribution in [0.5, 0.6) is 0 Å². The van der Waals surface area contributed by atoms with Gasteiger partial charge in [-0.3, -0.25) is 0 Å². The molecule has 1 aliphatic rings. The number of aromatic nitrogens is 1. The second kappa shape index (κ2) is 15.1. The predicted octanol–water partition coefficient (Wildman–Crippen LogP) is 16.0. The Morgan fingerprint density at radius 3 is 1.57 bits per heavy atom. The lowest BCUT2D eigenvalue weighted by Gasteiger charge is -2.33. The van der Waals surface area contributed by atoms with Gasteiger partial charge < -0.3 is 9.47 Å². The van der Waals surface area contributed by atoms with Crippen LogP contribution in [0, 0.1) is 0 Å². The molecular formula is C61H42N2. The summed E-state index contributed by atoms with van der Waals surface area (Å²) in [6.07, 6.45) is 0. The fraction of sp³-hybridized carbons (Fsp3) is 0.0164. The van der Waals surface area contributed by atoms with Crippen molar-refractivity contribution in [3.63, 3.8) is 0 Å². The largest absolute Gasteiger partial charge is 0.310 e. The molecular weight excluding hydrogens is 761 g/mol. The molecule has 0 unspecified atom stereocenters. The zero-order valence-corrected chi connectivity index (χ0v) is 34.6. The van der Waals surface area contributed by atoms with Crippen molar-refractivity contribution in [3.05, 3.63) is 277 Å². The van der Waals surface area contributed by atoms with Crippen LogP contribution in [-0.4, -0.2) is 4.57 Å². The highest BCUT2D eigenvalue weighted by Crippen LogP contribution is 2.56. The van der Waals surface area contributed by atoms with Crippen LogP contribution < -0.4 is 4.90 Å². The van der Waals surface area contributed by atoms with Crippen LogP contribution in [0.25, 0.3) is 60.9 Å². The van der Waals surface area contributed by atoms with Crippen molar-refractivity contribution in [2.75, 3.05) is 4.90 Å². The fourth-order valence-corrected chi connectivity index (χ4v) is 10.3. The third-order valence-electron chi connectivity index (χ3n) is 13.1. The number of anilines is 3. The molecule has 0 N–H and O–H groups in total. The lowest BCUT2D eigenvalue weighted by molar-refractivity contribution is 0.768. The van der Waals surface area contributed by atoms with Crippen LogP contribution in [0.2, 0.25) is 0 Å². The summed E-state index contributed by atoms with van der Waals surface area (Å²) in [4.78, 5) is 2.40. The molecule has 11 aromatic rings. The van der Waals surface area contributed by atoms with Crippen LogP contribution in [0.15, 0.2) is 255 Å².